The maximum absolute atomic E-state index is 5.17. The van der Waals surface area contributed by atoms with Gasteiger partial charge in [-0.15, -0.1) is 0 Å². The molecule has 2 aromatic heterocycles. The number of hydrogen-bond acceptors (Lipinski definition) is 6. The van der Waals surface area contributed by atoms with E-state index in [1.54, 1.807) is 12.5 Å². The summed E-state index contributed by atoms with van der Waals surface area (Å²) in [7, 11) is 0. The van der Waals surface area contributed by atoms with Crippen molar-refractivity contribution in [1.82, 2.24) is 21.5 Å². The molecule has 10 heteroatoms. The lowest BCUT2D eigenvalue weighted by atomic mass is 10.4. The van der Waals surface area contributed by atoms with Crippen molar-refractivity contribution in [3.05, 3.63) is 48.3 Å². The summed E-state index contributed by atoms with van der Waals surface area (Å²) in [6, 6.07) is 7.31. The average Bonchev–Trinajstić information content (AvgIpc) is 3.27. The van der Waals surface area contributed by atoms with Crippen LogP contribution in [0.15, 0.2) is 55.8 Å². The van der Waals surface area contributed by atoms with Gasteiger partial charge in [-0.3, -0.25) is 10.9 Å². The number of nitrogens with one attached hydrogen (secondary N) is 4. The zero-order chi connectivity index (χ0) is 17.0. The number of hydrogen-bond donors (Lipinski definition) is 4. The van der Waals surface area contributed by atoms with Crippen molar-refractivity contribution >= 4 is 47.1 Å². The van der Waals surface area contributed by atoms with E-state index in [4.69, 9.17) is 33.3 Å². The average molecular weight is 364 g/mol. The summed E-state index contributed by atoms with van der Waals surface area (Å²) in [6.07, 6.45) is 6.07. The Hall–Kier alpha value is -2.72. The monoisotopic (exact) mass is 364 g/mol. The molecule has 2 rings (SSSR count). The molecular weight excluding hydrogens is 348 g/mol. The van der Waals surface area contributed by atoms with E-state index in [9.17, 15) is 0 Å². The Morgan fingerprint density at radius 3 is 1.71 bits per heavy atom. The van der Waals surface area contributed by atoms with Crippen LogP contribution < -0.4 is 21.5 Å². The highest BCUT2D eigenvalue weighted by atomic mass is 32.1. The zero-order valence-corrected chi connectivity index (χ0v) is 14.2. The van der Waals surface area contributed by atoms with Crippen LogP contribution in [-0.4, -0.2) is 22.7 Å². The Morgan fingerprint density at radius 2 is 1.33 bits per heavy atom. The third-order valence-electron chi connectivity index (χ3n) is 2.55. The maximum Gasteiger partial charge on any atom is 0.187 e. The minimum atomic E-state index is 0.375. The Labute approximate surface area is 149 Å². The third-order valence-corrected chi connectivity index (χ3v) is 3.03. The van der Waals surface area contributed by atoms with E-state index in [1.807, 2.05) is 24.3 Å². The SMILES string of the molecule is S=C(NCc1ccco1)N/N=C\C=N/NC(=S)NCc1ccco1. The van der Waals surface area contributed by atoms with Gasteiger partial charge >= 0.3 is 0 Å². The highest BCUT2D eigenvalue weighted by molar-refractivity contribution is 7.80. The van der Waals surface area contributed by atoms with Crippen molar-refractivity contribution < 1.29 is 8.83 Å². The molecule has 126 valence electrons. The van der Waals surface area contributed by atoms with Crippen molar-refractivity contribution in [3.63, 3.8) is 0 Å². The van der Waals surface area contributed by atoms with Crippen molar-refractivity contribution in [1.29, 1.82) is 0 Å². The van der Waals surface area contributed by atoms with Gasteiger partial charge in [-0.1, -0.05) is 0 Å². The molecule has 0 aliphatic carbocycles. The van der Waals surface area contributed by atoms with Gasteiger partial charge in [-0.05, 0) is 48.7 Å². The van der Waals surface area contributed by atoms with E-state index in [-0.39, 0.29) is 0 Å². The van der Waals surface area contributed by atoms with Crippen molar-refractivity contribution in [3.8, 4) is 0 Å². The number of hydrazone groups is 2. The van der Waals surface area contributed by atoms with Crippen LogP contribution in [0.25, 0.3) is 0 Å². The summed E-state index contributed by atoms with van der Waals surface area (Å²) < 4.78 is 10.3. The fraction of sp³-hybridized carbons (Fsp3) is 0.143. The molecule has 4 N–H and O–H groups in total. The number of furan rings is 2. The maximum atomic E-state index is 5.17. The summed E-state index contributed by atoms with van der Waals surface area (Å²) in [5, 5.41) is 14.4. The molecule has 0 saturated heterocycles. The van der Waals surface area contributed by atoms with E-state index in [2.05, 4.69) is 31.7 Å². The molecule has 0 aliphatic heterocycles. The number of thiocarbonyl (C=S) groups is 2. The summed E-state index contributed by atoms with van der Waals surface area (Å²) >= 11 is 10.1. The van der Waals surface area contributed by atoms with Gasteiger partial charge in [0.2, 0.25) is 0 Å². The second-order valence-corrected chi connectivity index (χ2v) is 5.12. The van der Waals surface area contributed by atoms with Gasteiger partial charge in [0.1, 0.15) is 11.5 Å². The van der Waals surface area contributed by atoms with Gasteiger partial charge in [0, 0.05) is 0 Å². The molecule has 0 aromatic carbocycles. The van der Waals surface area contributed by atoms with Gasteiger partial charge < -0.3 is 19.5 Å². The molecule has 0 spiro atoms. The van der Waals surface area contributed by atoms with E-state index in [0.29, 0.717) is 23.3 Å². The quantitative estimate of drug-likeness (QED) is 0.333. The molecule has 0 unspecified atom stereocenters. The summed E-state index contributed by atoms with van der Waals surface area (Å²) in [5.74, 6) is 1.56. The molecule has 0 radical (unpaired) electrons. The smallest absolute Gasteiger partial charge is 0.187 e. The molecule has 24 heavy (non-hydrogen) atoms. The first-order chi connectivity index (χ1) is 11.7. The third kappa shape index (κ3) is 7.03. The van der Waals surface area contributed by atoms with Gasteiger partial charge in [0.05, 0.1) is 38.0 Å². The van der Waals surface area contributed by atoms with Crippen LogP contribution in [0.2, 0.25) is 0 Å². The standard InChI is InChI=1S/C14H16N6O2S2/c23-13(15-9-11-3-1-7-21-11)19-17-5-6-18-20-14(24)16-10-12-4-2-8-22-12/h1-8H,9-10H2,(H2,15,19,23)(H2,16,20,24)/b17-5-,18-6-. The van der Waals surface area contributed by atoms with Crippen molar-refractivity contribution in [2.45, 2.75) is 13.1 Å². The first-order valence-corrected chi connectivity index (χ1v) is 7.73. The van der Waals surface area contributed by atoms with Crippen LogP contribution in [0.5, 0.6) is 0 Å². The summed E-state index contributed by atoms with van der Waals surface area (Å²) in [5.41, 5.74) is 5.29. The van der Waals surface area contributed by atoms with Crippen molar-refractivity contribution in [2.24, 2.45) is 10.2 Å². The minimum Gasteiger partial charge on any atom is -0.467 e. The molecule has 0 bridgehead atoms. The molecule has 0 atom stereocenters. The van der Waals surface area contributed by atoms with Crippen LogP contribution in [0.3, 0.4) is 0 Å². The lowest BCUT2D eigenvalue weighted by molar-refractivity contribution is 0.502. The van der Waals surface area contributed by atoms with E-state index < -0.39 is 0 Å². The number of rotatable bonds is 7. The zero-order valence-electron chi connectivity index (χ0n) is 12.6. The molecule has 2 aromatic rings. The number of nitrogens with zero attached hydrogens (tertiary/aromatic N) is 2. The van der Waals surface area contributed by atoms with Crippen molar-refractivity contribution in [2.75, 3.05) is 0 Å². The Morgan fingerprint density at radius 1 is 0.875 bits per heavy atom. The Balaban J connectivity index is 1.54. The summed E-state index contributed by atoms with van der Waals surface area (Å²) in [4.78, 5) is 0. The molecule has 0 fully saturated rings. The van der Waals surface area contributed by atoms with Crippen LogP contribution in [0.4, 0.5) is 0 Å². The fourth-order valence-electron chi connectivity index (χ4n) is 1.50. The first-order valence-electron chi connectivity index (χ1n) is 6.91. The highest BCUT2D eigenvalue weighted by Gasteiger charge is 1.97. The molecule has 0 amide bonds. The largest absolute Gasteiger partial charge is 0.467 e. The molecule has 2 heterocycles. The Bertz CT molecular complexity index is 622. The normalized spacial score (nSPS) is 10.8. The fourth-order valence-corrected chi connectivity index (χ4v) is 1.75. The van der Waals surface area contributed by atoms with Gasteiger partial charge in [0.25, 0.3) is 0 Å². The van der Waals surface area contributed by atoms with Crippen LogP contribution in [0.1, 0.15) is 11.5 Å². The lowest BCUT2D eigenvalue weighted by Gasteiger charge is -2.04. The second-order valence-electron chi connectivity index (χ2n) is 4.30. The molecule has 0 saturated carbocycles. The molecule has 8 nitrogen and oxygen atoms in total. The minimum absolute atomic E-state index is 0.375. The summed E-state index contributed by atoms with van der Waals surface area (Å²) in [6.45, 7) is 0.971. The molecule has 0 aliphatic rings. The predicted octanol–water partition coefficient (Wildman–Crippen LogP) is 1.47. The topological polar surface area (TPSA) is 99.1 Å². The van der Waals surface area contributed by atoms with E-state index in [1.165, 1.54) is 12.4 Å². The van der Waals surface area contributed by atoms with E-state index in [0.717, 1.165) is 11.5 Å². The Kier molecular flexibility index (Phi) is 7.44. The predicted molar refractivity (Wildman–Crippen MR) is 99.5 cm³/mol. The van der Waals surface area contributed by atoms with Crippen LogP contribution in [-0.2, 0) is 13.1 Å². The van der Waals surface area contributed by atoms with Crippen LogP contribution >= 0.6 is 24.4 Å². The van der Waals surface area contributed by atoms with Gasteiger partial charge in [0.15, 0.2) is 10.2 Å². The van der Waals surface area contributed by atoms with Gasteiger partial charge in [-0.25, -0.2) is 0 Å². The van der Waals surface area contributed by atoms with Crippen LogP contribution in [0, 0.1) is 0 Å². The second kappa shape index (κ2) is 10.1. The lowest BCUT2D eigenvalue weighted by Crippen LogP contribution is -2.32. The highest BCUT2D eigenvalue weighted by Crippen LogP contribution is 1.98. The first kappa shape index (κ1) is 17.6. The molecular formula is C14H16N6O2S2. The van der Waals surface area contributed by atoms with E-state index >= 15 is 0 Å². The van der Waals surface area contributed by atoms with Gasteiger partial charge in [-0.2, -0.15) is 10.2 Å².